The van der Waals surface area contributed by atoms with Gasteiger partial charge in [0, 0.05) is 12.1 Å². The zero-order chi connectivity index (χ0) is 13.3. The molecule has 0 atom stereocenters. The van der Waals surface area contributed by atoms with Gasteiger partial charge in [-0.2, -0.15) is 0 Å². The van der Waals surface area contributed by atoms with Gasteiger partial charge in [-0.25, -0.2) is 4.68 Å². The number of tetrazole rings is 1. The van der Waals surface area contributed by atoms with E-state index < -0.39 is 5.91 Å². The molecule has 1 amide bonds. The highest BCUT2D eigenvalue weighted by Crippen LogP contribution is 2.25. The predicted octanol–water partition coefficient (Wildman–Crippen LogP) is 2.08. The first-order valence-corrected chi connectivity index (χ1v) is 5.74. The highest BCUT2D eigenvalue weighted by atomic mass is 35.5. The van der Waals surface area contributed by atoms with Crippen molar-refractivity contribution >= 4 is 35.1 Å². The Morgan fingerprint density at radius 2 is 2.11 bits per heavy atom. The number of carbonyl (C=O) groups is 1. The number of nitrogens with one attached hydrogen (secondary N) is 1. The predicted molar refractivity (Wildman–Crippen MR) is 68.0 cm³/mol. The monoisotopic (exact) mass is 285 g/mol. The molecule has 0 spiro atoms. The van der Waals surface area contributed by atoms with Crippen molar-refractivity contribution in [3.63, 3.8) is 0 Å². The third kappa shape index (κ3) is 2.44. The molecule has 2 rings (SSSR count). The minimum absolute atomic E-state index is 0.230. The highest BCUT2D eigenvalue weighted by Gasteiger charge is 2.15. The summed E-state index contributed by atoms with van der Waals surface area (Å²) in [5, 5.41) is 14.0. The number of carbonyl (C=O) groups excluding carboxylic acids is 1. The zero-order valence-corrected chi connectivity index (χ0v) is 11.1. The van der Waals surface area contributed by atoms with Crippen molar-refractivity contribution in [3.05, 3.63) is 33.3 Å². The molecule has 0 aliphatic heterocycles. The summed E-state index contributed by atoms with van der Waals surface area (Å²) < 4.78 is 1.34. The number of hydrogen-bond acceptors (Lipinski definition) is 4. The van der Waals surface area contributed by atoms with E-state index >= 15 is 0 Å². The van der Waals surface area contributed by atoms with Crippen LogP contribution in [0.2, 0.25) is 10.0 Å². The summed E-state index contributed by atoms with van der Waals surface area (Å²) in [6, 6.07) is 3.18. The number of aryl methyl sites for hydroxylation is 2. The fourth-order valence-corrected chi connectivity index (χ4v) is 1.86. The van der Waals surface area contributed by atoms with Crippen LogP contribution >= 0.6 is 23.2 Å². The Morgan fingerprint density at radius 1 is 1.39 bits per heavy atom. The molecule has 0 aliphatic rings. The smallest absolute Gasteiger partial charge is 0.259 e. The number of hydrogen-bond donors (Lipinski definition) is 1. The van der Waals surface area contributed by atoms with Crippen LogP contribution in [-0.2, 0) is 7.05 Å². The first-order valence-electron chi connectivity index (χ1n) is 4.98. The first-order chi connectivity index (χ1) is 8.49. The summed E-state index contributed by atoms with van der Waals surface area (Å²) in [6.07, 6.45) is 0. The lowest BCUT2D eigenvalue weighted by Crippen LogP contribution is -2.16. The molecule has 0 bridgehead atoms. The molecule has 8 heteroatoms. The van der Waals surface area contributed by atoms with Gasteiger partial charge in [-0.05, 0) is 35.0 Å². The maximum absolute atomic E-state index is 12.0. The average Bonchev–Trinajstić information content (AvgIpc) is 2.69. The molecule has 1 N–H and O–H groups in total. The topological polar surface area (TPSA) is 72.7 Å². The van der Waals surface area contributed by atoms with E-state index in [1.807, 2.05) is 0 Å². The van der Waals surface area contributed by atoms with Gasteiger partial charge in [0.25, 0.3) is 5.91 Å². The third-order valence-corrected chi connectivity index (χ3v) is 3.03. The van der Waals surface area contributed by atoms with Crippen LogP contribution in [-0.4, -0.2) is 26.1 Å². The average molecular weight is 286 g/mol. The lowest BCUT2D eigenvalue weighted by Gasteiger charge is -2.07. The van der Waals surface area contributed by atoms with Crippen molar-refractivity contribution in [2.24, 2.45) is 7.05 Å². The number of aromatic nitrogens is 4. The van der Waals surface area contributed by atoms with Gasteiger partial charge in [0.15, 0.2) is 0 Å². The maximum atomic E-state index is 12.0. The first kappa shape index (κ1) is 12.8. The second kappa shape index (κ2) is 4.91. The Morgan fingerprint density at radius 3 is 2.72 bits per heavy atom. The third-order valence-electron chi connectivity index (χ3n) is 2.31. The molecular weight excluding hydrogens is 277 g/mol. The van der Waals surface area contributed by atoms with Crippen LogP contribution in [0.15, 0.2) is 12.1 Å². The van der Waals surface area contributed by atoms with Crippen LogP contribution < -0.4 is 5.32 Å². The van der Waals surface area contributed by atoms with Gasteiger partial charge in [-0.3, -0.25) is 10.1 Å². The number of anilines is 1. The molecule has 0 saturated carbocycles. The van der Waals surface area contributed by atoms with Crippen LogP contribution in [0.4, 0.5) is 5.95 Å². The Hall–Kier alpha value is -1.66. The van der Waals surface area contributed by atoms with Crippen molar-refractivity contribution in [2.75, 3.05) is 5.32 Å². The van der Waals surface area contributed by atoms with E-state index in [0.717, 1.165) is 5.56 Å². The maximum Gasteiger partial charge on any atom is 0.259 e. The summed E-state index contributed by atoms with van der Waals surface area (Å²) >= 11 is 12.0. The van der Waals surface area contributed by atoms with E-state index in [9.17, 15) is 4.79 Å². The number of amides is 1. The van der Waals surface area contributed by atoms with E-state index in [4.69, 9.17) is 23.2 Å². The summed E-state index contributed by atoms with van der Waals surface area (Å²) in [7, 11) is 1.61. The molecular formula is C10H9Cl2N5O. The summed E-state index contributed by atoms with van der Waals surface area (Å²) in [4.78, 5) is 12.0. The Kier molecular flexibility index (Phi) is 3.49. The quantitative estimate of drug-likeness (QED) is 0.917. The standard InChI is InChI=1S/C10H9Cl2N5O/c1-5-3-6(11)4-7(8(5)12)9(18)13-10-14-15-16-17(10)2/h3-4H,1-2H3,(H,13,14,16,18). The Balaban J connectivity index is 2.32. The SMILES string of the molecule is Cc1cc(Cl)cc(C(=O)Nc2nnnn2C)c1Cl. The van der Waals surface area contributed by atoms with E-state index in [1.165, 1.54) is 10.7 Å². The minimum Gasteiger partial charge on any atom is -0.289 e. The summed E-state index contributed by atoms with van der Waals surface area (Å²) in [5.74, 6) is -0.183. The second-order valence-electron chi connectivity index (χ2n) is 3.66. The van der Waals surface area contributed by atoms with E-state index in [-0.39, 0.29) is 11.5 Å². The van der Waals surface area contributed by atoms with E-state index in [1.54, 1.807) is 20.0 Å². The lowest BCUT2D eigenvalue weighted by atomic mass is 10.1. The molecule has 0 radical (unpaired) electrons. The molecule has 1 aromatic carbocycles. The normalized spacial score (nSPS) is 10.4. The molecule has 6 nitrogen and oxygen atoms in total. The van der Waals surface area contributed by atoms with Gasteiger partial charge in [0.05, 0.1) is 10.6 Å². The fourth-order valence-electron chi connectivity index (χ4n) is 1.39. The summed E-state index contributed by atoms with van der Waals surface area (Å²) in [6.45, 7) is 1.77. The molecule has 0 aliphatic carbocycles. The van der Waals surface area contributed by atoms with Crippen LogP contribution in [0.1, 0.15) is 15.9 Å². The van der Waals surface area contributed by atoms with Gasteiger partial charge in [0.1, 0.15) is 0 Å². The van der Waals surface area contributed by atoms with Gasteiger partial charge >= 0.3 is 0 Å². The molecule has 0 fully saturated rings. The molecule has 1 heterocycles. The van der Waals surface area contributed by atoms with Crippen molar-refractivity contribution in [1.82, 2.24) is 20.2 Å². The Labute approximate surface area is 113 Å². The van der Waals surface area contributed by atoms with E-state index in [2.05, 4.69) is 20.8 Å². The molecule has 0 saturated heterocycles. The lowest BCUT2D eigenvalue weighted by molar-refractivity contribution is 0.102. The van der Waals surface area contributed by atoms with Crippen LogP contribution in [0.25, 0.3) is 0 Å². The van der Waals surface area contributed by atoms with Crippen molar-refractivity contribution in [2.45, 2.75) is 6.92 Å². The highest BCUT2D eigenvalue weighted by molar-refractivity contribution is 6.37. The summed E-state index contributed by atoms with van der Waals surface area (Å²) in [5.41, 5.74) is 1.01. The van der Waals surface area contributed by atoms with Crippen molar-refractivity contribution in [1.29, 1.82) is 0 Å². The zero-order valence-electron chi connectivity index (χ0n) is 9.61. The molecule has 2 aromatic rings. The Bertz CT molecular complexity index is 610. The van der Waals surface area contributed by atoms with Crippen LogP contribution in [0.3, 0.4) is 0 Å². The van der Waals surface area contributed by atoms with Crippen molar-refractivity contribution < 1.29 is 4.79 Å². The van der Waals surface area contributed by atoms with Gasteiger partial charge in [-0.1, -0.05) is 28.3 Å². The van der Waals surface area contributed by atoms with Crippen LogP contribution in [0.5, 0.6) is 0 Å². The minimum atomic E-state index is -0.413. The van der Waals surface area contributed by atoms with E-state index in [0.29, 0.717) is 10.0 Å². The van der Waals surface area contributed by atoms with Crippen molar-refractivity contribution in [3.8, 4) is 0 Å². The molecule has 0 unspecified atom stereocenters. The number of benzene rings is 1. The second-order valence-corrected chi connectivity index (χ2v) is 4.48. The van der Waals surface area contributed by atoms with Crippen LogP contribution in [0, 0.1) is 6.92 Å². The van der Waals surface area contributed by atoms with Gasteiger partial charge in [-0.15, -0.1) is 0 Å². The largest absolute Gasteiger partial charge is 0.289 e. The number of nitrogens with zero attached hydrogens (tertiary/aromatic N) is 4. The van der Waals surface area contributed by atoms with Gasteiger partial charge in [0.2, 0.25) is 5.95 Å². The molecule has 18 heavy (non-hydrogen) atoms. The fraction of sp³-hybridized carbons (Fsp3) is 0.200. The molecule has 1 aromatic heterocycles. The van der Waals surface area contributed by atoms with Gasteiger partial charge < -0.3 is 0 Å². The number of halogens is 2. The number of rotatable bonds is 2. The molecule has 94 valence electrons.